The van der Waals surface area contributed by atoms with E-state index in [2.05, 4.69) is 21.2 Å². The van der Waals surface area contributed by atoms with Crippen molar-refractivity contribution in [3.63, 3.8) is 0 Å². The fourth-order valence-corrected chi connectivity index (χ4v) is 2.63. The third-order valence-electron chi connectivity index (χ3n) is 3.70. The molecule has 8 heteroatoms. The van der Waals surface area contributed by atoms with Crippen molar-refractivity contribution < 1.29 is 28.5 Å². The fraction of sp³-hybridized carbons (Fsp3) is 0.263. The maximum atomic E-state index is 12.4. The van der Waals surface area contributed by atoms with Crippen LogP contribution in [0, 0.1) is 0 Å². The Bertz CT molecular complexity index is 839. The van der Waals surface area contributed by atoms with Gasteiger partial charge in [-0.15, -0.1) is 0 Å². The van der Waals surface area contributed by atoms with Gasteiger partial charge in [-0.1, -0.05) is 0 Å². The van der Waals surface area contributed by atoms with E-state index in [-0.39, 0.29) is 5.56 Å². The van der Waals surface area contributed by atoms with Crippen molar-refractivity contribution in [1.82, 2.24) is 0 Å². The Morgan fingerprint density at radius 3 is 2.30 bits per heavy atom. The Morgan fingerprint density at radius 1 is 0.963 bits per heavy atom. The minimum absolute atomic E-state index is 0.264. The number of rotatable bonds is 7. The molecule has 1 unspecified atom stereocenters. The molecule has 0 aliphatic rings. The molecule has 2 aromatic rings. The molecule has 0 aliphatic heterocycles. The second-order valence-electron chi connectivity index (χ2n) is 5.45. The van der Waals surface area contributed by atoms with E-state index >= 15 is 0 Å². The zero-order valence-electron chi connectivity index (χ0n) is 15.4. The Hall–Kier alpha value is -2.74. The molecular formula is C19H20BrNO6. The van der Waals surface area contributed by atoms with E-state index in [0.717, 1.165) is 0 Å². The van der Waals surface area contributed by atoms with Crippen LogP contribution >= 0.6 is 15.9 Å². The van der Waals surface area contributed by atoms with E-state index in [4.69, 9.17) is 18.9 Å². The molecule has 0 spiro atoms. The molecule has 27 heavy (non-hydrogen) atoms. The van der Waals surface area contributed by atoms with Crippen LogP contribution in [0.1, 0.15) is 17.3 Å². The van der Waals surface area contributed by atoms with E-state index < -0.39 is 18.0 Å². The molecular weight excluding hydrogens is 418 g/mol. The van der Waals surface area contributed by atoms with Crippen molar-refractivity contribution in [2.45, 2.75) is 13.0 Å². The van der Waals surface area contributed by atoms with E-state index in [0.29, 0.717) is 27.4 Å². The SMILES string of the molecule is COc1ccc(Br)c(C(=O)OC(C)C(=O)Nc2ccc(OC)c(OC)c2)c1. The van der Waals surface area contributed by atoms with Crippen LogP contribution in [0.25, 0.3) is 0 Å². The first-order valence-electron chi connectivity index (χ1n) is 7.97. The highest BCUT2D eigenvalue weighted by molar-refractivity contribution is 9.10. The third kappa shape index (κ3) is 5.13. The summed E-state index contributed by atoms with van der Waals surface area (Å²) in [4.78, 5) is 24.7. The van der Waals surface area contributed by atoms with Crippen molar-refractivity contribution in [1.29, 1.82) is 0 Å². The van der Waals surface area contributed by atoms with Crippen LogP contribution in [0.15, 0.2) is 40.9 Å². The minimum Gasteiger partial charge on any atom is -0.497 e. The highest BCUT2D eigenvalue weighted by atomic mass is 79.9. The first kappa shape index (κ1) is 20.6. The summed E-state index contributed by atoms with van der Waals surface area (Å²) in [5.41, 5.74) is 0.753. The van der Waals surface area contributed by atoms with Crippen molar-refractivity contribution in [2.24, 2.45) is 0 Å². The quantitative estimate of drug-likeness (QED) is 0.665. The van der Waals surface area contributed by atoms with Crippen molar-refractivity contribution in [2.75, 3.05) is 26.6 Å². The van der Waals surface area contributed by atoms with Crippen LogP contribution in [0.4, 0.5) is 5.69 Å². The Kier molecular flexibility index (Phi) is 7.06. The van der Waals surface area contributed by atoms with Crippen LogP contribution in [0.5, 0.6) is 17.2 Å². The second kappa shape index (κ2) is 9.27. The normalized spacial score (nSPS) is 11.3. The number of esters is 1. The first-order valence-corrected chi connectivity index (χ1v) is 8.76. The lowest BCUT2D eigenvalue weighted by atomic mass is 10.2. The number of benzene rings is 2. The molecule has 0 fully saturated rings. The van der Waals surface area contributed by atoms with Gasteiger partial charge in [0, 0.05) is 16.2 Å². The lowest BCUT2D eigenvalue weighted by Gasteiger charge is -2.15. The number of nitrogens with one attached hydrogen (secondary N) is 1. The minimum atomic E-state index is -1.01. The van der Waals surface area contributed by atoms with E-state index in [1.54, 1.807) is 30.3 Å². The monoisotopic (exact) mass is 437 g/mol. The summed E-state index contributed by atoms with van der Waals surface area (Å²) in [6.07, 6.45) is -1.01. The molecule has 1 amide bonds. The average Bonchev–Trinajstić information content (AvgIpc) is 2.67. The van der Waals surface area contributed by atoms with Gasteiger partial charge in [-0.05, 0) is 53.2 Å². The number of hydrogen-bond acceptors (Lipinski definition) is 6. The molecule has 0 radical (unpaired) electrons. The first-order chi connectivity index (χ1) is 12.9. The maximum Gasteiger partial charge on any atom is 0.340 e. The molecule has 1 N–H and O–H groups in total. The van der Waals surface area contributed by atoms with Crippen molar-refractivity contribution >= 4 is 33.5 Å². The van der Waals surface area contributed by atoms with Crippen LogP contribution < -0.4 is 19.5 Å². The van der Waals surface area contributed by atoms with Gasteiger partial charge >= 0.3 is 5.97 Å². The highest BCUT2D eigenvalue weighted by Crippen LogP contribution is 2.30. The topological polar surface area (TPSA) is 83.1 Å². The van der Waals surface area contributed by atoms with E-state index in [9.17, 15) is 9.59 Å². The summed E-state index contributed by atoms with van der Waals surface area (Å²) in [5.74, 6) is 0.399. The highest BCUT2D eigenvalue weighted by Gasteiger charge is 2.21. The molecule has 0 aromatic heterocycles. The predicted octanol–water partition coefficient (Wildman–Crippen LogP) is 3.66. The standard InChI is InChI=1S/C19H20BrNO6/c1-11(27-19(23)14-10-13(24-2)6-7-15(14)20)18(22)21-12-5-8-16(25-3)17(9-12)26-4/h5-11H,1-4H3,(H,21,22). The molecule has 1 atom stereocenters. The maximum absolute atomic E-state index is 12.4. The summed E-state index contributed by atoms with van der Waals surface area (Å²) in [7, 11) is 4.52. The zero-order valence-corrected chi connectivity index (χ0v) is 17.0. The van der Waals surface area contributed by atoms with Crippen molar-refractivity contribution in [3.05, 3.63) is 46.4 Å². The largest absolute Gasteiger partial charge is 0.497 e. The number of methoxy groups -OCH3 is 3. The molecule has 144 valence electrons. The van der Waals surface area contributed by atoms with Crippen LogP contribution in [0.3, 0.4) is 0 Å². The van der Waals surface area contributed by atoms with Gasteiger partial charge < -0.3 is 24.3 Å². The van der Waals surface area contributed by atoms with Gasteiger partial charge in [0.15, 0.2) is 17.6 Å². The van der Waals surface area contributed by atoms with Gasteiger partial charge in [0.2, 0.25) is 0 Å². The summed E-state index contributed by atoms with van der Waals surface area (Å²) in [6, 6.07) is 9.85. The molecule has 0 bridgehead atoms. The zero-order chi connectivity index (χ0) is 20.0. The summed E-state index contributed by atoms with van der Waals surface area (Å²) >= 11 is 3.29. The van der Waals surface area contributed by atoms with Crippen LogP contribution in [-0.4, -0.2) is 39.3 Å². The third-order valence-corrected chi connectivity index (χ3v) is 4.39. The van der Waals surface area contributed by atoms with E-state index in [1.165, 1.54) is 34.3 Å². The molecule has 7 nitrogen and oxygen atoms in total. The number of anilines is 1. The molecule has 0 saturated heterocycles. The summed E-state index contributed by atoms with van der Waals surface area (Å²) in [6.45, 7) is 1.49. The van der Waals surface area contributed by atoms with Gasteiger partial charge in [0.25, 0.3) is 5.91 Å². The molecule has 2 rings (SSSR count). The second-order valence-corrected chi connectivity index (χ2v) is 6.31. The smallest absolute Gasteiger partial charge is 0.340 e. The lowest BCUT2D eigenvalue weighted by molar-refractivity contribution is -0.123. The Labute approximate surface area is 165 Å². The molecule has 0 aliphatic carbocycles. The van der Waals surface area contributed by atoms with Gasteiger partial charge in [0.1, 0.15) is 5.75 Å². The van der Waals surface area contributed by atoms with E-state index in [1.807, 2.05) is 0 Å². The summed E-state index contributed by atoms with van der Waals surface area (Å²) < 4.78 is 21.3. The fourth-order valence-electron chi connectivity index (χ4n) is 2.22. The molecule has 0 saturated carbocycles. The molecule has 0 heterocycles. The van der Waals surface area contributed by atoms with Gasteiger partial charge in [-0.3, -0.25) is 4.79 Å². The number of carbonyl (C=O) groups is 2. The molecule has 2 aromatic carbocycles. The predicted molar refractivity (Wildman–Crippen MR) is 104 cm³/mol. The number of hydrogen-bond donors (Lipinski definition) is 1. The van der Waals surface area contributed by atoms with Crippen LogP contribution in [-0.2, 0) is 9.53 Å². The van der Waals surface area contributed by atoms with Gasteiger partial charge in [-0.2, -0.15) is 0 Å². The number of halogens is 1. The van der Waals surface area contributed by atoms with Crippen LogP contribution in [0.2, 0.25) is 0 Å². The van der Waals surface area contributed by atoms with Gasteiger partial charge in [-0.25, -0.2) is 4.79 Å². The Morgan fingerprint density at radius 2 is 1.67 bits per heavy atom. The number of ether oxygens (including phenoxy) is 4. The number of carbonyl (C=O) groups excluding carboxylic acids is 2. The average molecular weight is 438 g/mol. The lowest BCUT2D eigenvalue weighted by Crippen LogP contribution is -2.30. The summed E-state index contributed by atoms with van der Waals surface area (Å²) in [5, 5.41) is 2.67. The number of amides is 1. The van der Waals surface area contributed by atoms with Gasteiger partial charge in [0.05, 0.1) is 26.9 Å². The Balaban J connectivity index is 2.06. The van der Waals surface area contributed by atoms with Crippen molar-refractivity contribution in [3.8, 4) is 17.2 Å².